The minimum absolute atomic E-state index is 0.163. The zero-order valence-electron chi connectivity index (χ0n) is 10.5. The lowest BCUT2D eigenvalue weighted by Crippen LogP contribution is -2.18. The summed E-state index contributed by atoms with van der Waals surface area (Å²) in [5.74, 6) is -0.515. The largest absolute Gasteiger partial charge is 0.466 e. The fraction of sp³-hybridized carbons (Fsp3) is 0.769. The van der Waals surface area contributed by atoms with Crippen molar-refractivity contribution in [3.63, 3.8) is 0 Å². The number of unbranched alkanes of at least 4 members (excludes halogenated alkanes) is 5. The van der Waals surface area contributed by atoms with E-state index < -0.39 is 12.1 Å². The van der Waals surface area contributed by atoms with Crippen molar-refractivity contribution in [2.24, 2.45) is 0 Å². The molecule has 3 heteroatoms. The molecule has 0 fully saturated rings. The Morgan fingerprint density at radius 1 is 1.25 bits per heavy atom. The van der Waals surface area contributed by atoms with Crippen LogP contribution < -0.4 is 0 Å². The molecule has 94 valence electrons. The number of hydrogen-bond acceptors (Lipinski definition) is 3. The van der Waals surface area contributed by atoms with Crippen molar-refractivity contribution in [1.82, 2.24) is 0 Å². The first kappa shape index (κ1) is 15.2. The predicted molar refractivity (Wildman–Crippen MR) is 65.2 cm³/mol. The molecule has 0 amide bonds. The van der Waals surface area contributed by atoms with E-state index >= 15 is 0 Å². The fourth-order valence-electron chi connectivity index (χ4n) is 1.56. The van der Waals surface area contributed by atoms with Crippen molar-refractivity contribution in [2.45, 2.75) is 58.0 Å². The summed E-state index contributed by atoms with van der Waals surface area (Å²) in [6, 6.07) is 0. The third-order valence-electron chi connectivity index (χ3n) is 2.68. The van der Waals surface area contributed by atoms with E-state index in [1.807, 2.05) is 0 Å². The molecule has 0 aliphatic heterocycles. The van der Waals surface area contributed by atoms with E-state index in [2.05, 4.69) is 18.2 Å². The van der Waals surface area contributed by atoms with Crippen molar-refractivity contribution in [3.8, 4) is 0 Å². The molecule has 0 aromatic rings. The molecule has 0 rings (SSSR count). The number of carbonyl (C=O) groups is 1. The van der Waals surface area contributed by atoms with Gasteiger partial charge in [-0.25, -0.2) is 4.79 Å². The maximum absolute atomic E-state index is 11.0. The van der Waals surface area contributed by atoms with Crippen molar-refractivity contribution in [1.29, 1.82) is 0 Å². The number of esters is 1. The van der Waals surface area contributed by atoms with Gasteiger partial charge in [0.2, 0.25) is 0 Å². The molecular formula is C13H24O3. The van der Waals surface area contributed by atoms with Crippen molar-refractivity contribution in [2.75, 3.05) is 7.11 Å². The van der Waals surface area contributed by atoms with Gasteiger partial charge in [-0.1, -0.05) is 52.0 Å². The number of aliphatic hydroxyl groups excluding tert-OH is 1. The van der Waals surface area contributed by atoms with Gasteiger partial charge >= 0.3 is 5.97 Å². The number of hydrogen-bond donors (Lipinski definition) is 1. The minimum Gasteiger partial charge on any atom is -0.466 e. The third kappa shape index (κ3) is 6.62. The van der Waals surface area contributed by atoms with Crippen molar-refractivity contribution in [3.05, 3.63) is 12.2 Å². The highest BCUT2D eigenvalue weighted by molar-refractivity contribution is 5.88. The molecular weight excluding hydrogens is 204 g/mol. The standard InChI is InChI=1S/C13H24O3/c1-4-5-6-7-8-9-10-12(14)11(2)13(15)16-3/h12,14H,2,4-10H2,1,3H3. The van der Waals surface area contributed by atoms with Gasteiger partial charge in [0.25, 0.3) is 0 Å². The highest BCUT2D eigenvalue weighted by Gasteiger charge is 2.15. The van der Waals surface area contributed by atoms with E-state index in [9.17, 15) is 9.90 Å². The summed E-state index contributed by atoms with van der Waals surface area (Å²) in [6.07, 6.45) is 6.85. The van der Waals surface area contributed by atoms with Gasteiger partial charge in [-0.3, -0.25) is 0 Å². The van der Waals surface area contributed by atoms with Gasteiger partial charge in [-0.2, -0.15) is 0 Å². The number of carbonyl (C=O) groups excluding carboxylic acids is 1. The number of rotatable bonds is 9. The van der Waals surface area contributed by atoms with Crippen LogP contribution in [0.4, 0.5) is 0 Å². The molecule has 3 nitrogen and oxygen atoms in total. The summed E-state index contributed by atoms with van der Waals surface area (Å²) in [4.78, 5) is 11.0. The predicted octanol–water partition coefficient (Wildman–Crippen LogP) is 2.83. The molecule has 1 N–H and O–H groups in total. The second-order valence-electron chi connectivity index (χ2n) is 4.09. The molecule has 1 unspecified atom stereocenters. The quantitative estimate of drug-likeness (QED) is 0.375. The van der Waals surface area contributed by atoms with Crippen LogP contribution in [0.25, 0.3) is 0 Å². The van der Waals surface area contributed by atoms with E-state index in [4.69, 9.17) is 0 Å². The normalized spacial score (nSPS) is 12.2. The topological polar surface area (TPSA) is 46.5 Å². The highest BCUT2D eigenvalue weighted by Crippen LogP contribution is 2.12. The third-order valence-corrected chi connectivity index (χ3v) is 2.68. The first-order valence-corrected chi connectivity index (χ1v) is 6.08. The second-order valence-corrected chi connectivity index (χ2v) is 4.09. The summed E-state index contributed by atoms with van der Waals surface area (Å²) in [7, 11) is 1.30. The van der Waals surface area contributed by atoms with Gasteiger partial charge in [-0.15, -0.1) is 0 Å². The fourth-order valence-corrected chi connectivity index (χ4v) is 1.56. The average molecular weight is 228 g/mol. The van der Waals surface area contributed by atoms with Gasteiger partial charge in [0.05, 0.1) is 18.8 Å². The van der Waals surface area contributed by atoms with Crippen LogP contribution in [-0.4, -0.2) is 24.3 Å². The molecule has 16 heavy (non-hydrogen) atoms. The zero-order valence-corrected chi connectivity index (χ0v) is 10.5. The Balaban J connectivity index is 3.53. The number of methoxy groups -OCH3 is 1. The molecule has 0 bridgehead atoms. The Kier molecular flexibility index (Phi) is 8.91. The molecule has 0 saturated carbocycles. The van der Waals surface area contributed by atoms with Crippen LogP contribution >= 0.6 is 0 Å². The summed E-state index contributed by atoms with van der Waals surface area (Å²) in [6.45, 7) is 5.71. The lowest BCUT2D eigenvalue weighted by molar-refractivity contribution is -0.137. The monoisotopic (exact) mass is 228 g/mol. The molecule has 0 aromatic carbocycles. The molecule has 0 saturated heterocycles. The Labute approximate surface area is 98.5 Å². The summed E-state index contributed by atoms with van der Waals surface area (Å²) in [5, 5.41) is 9.62. The average Bonchev–Trinajstić information content (AvgIpc) is 2.31. The van der Waals surface area contributed by atoms with Crippen LogP contribution in [0.5, 0.6) is 0 Å². The Hall–Kier alpha value is -0.830. The van der Waals surface area contributed by atoms with Crippen LogP contribution in [0.1, 0.15) is 51.9 Å². The molecule has 1 atom stereocenters. The summed E-state index contributed by atoms with van der Waals surface area (Å²) in [5.41, 5.74) is 0.163. The number of aliphatic hydroxyl groups is 1. The van der Waals surface area contributed by atoms with Crippen LogP contribution in [-0.2, 0) is 9.53 Å². The van der Waals surface area contributed by atoms with Gasteiger partial charge in [0, 0.05) is 0 Å². The SMILES string of the molecule is C=C(C(=O)OC)C(O)CCCCCCCC. The van der Waals surface area contributed by atoms with Crippen molar-refractivity contribution < 1.29 is 14.6 Å². The van der Waals surface area contributed by atoms with E-state index in [1.165, 1.54) is 32.8 Å². The minimum atomic E-state index is -0.751. The van der Waals surface area contributed by atoms with Gasteiger partial charge in [0.15, 0.2) is 0 Å². The zero-order chi connectivity index (χ0) is 12.4. The Bertz CT molecular complexity index is 211. The molecule has 0 radical (unpaired) electrons. The van der Waals surface area contributed by atoms with Gasteiger partial charge < -0.3 is 9.84 Å². The lowest BCUT2D eigenvalue weighted by Gasteiger charge is -2.11. The van der Waals surface area contributed by atoms with Crippen LogP contribution in [0.15, 0.2) is 12.2 Å². The Morgan fingerprint density at radius 3 is 2.38 bits per heavy atom. The molecule has 0 aromatic heterocycles. The first-order valence-electron chi connectivity index (χ1n) is 6.08. The van der Waals surface area contributed by atoms with E-state index in [0.717, 1.165) is 12.8 Å². The van der Waals surface area contributed by atoms with Crippen LogP contribution in [0.2, 0.25) is 0 Å². The van der Waals surface area contributed by atoms with Crippen molar-refractivity contribution >= 4 is 5.97 Å². The lowest BCUT2D eigenvalue weighted by atomic mass is 10.0. The smallest absolute Gasteiger partial charge is 0.335 e. The maximum atomic E-state index is 11.0. The second kappa shape index (κ2) is 9.40. The van der Waals surface area contributed by atoms with Gasteiger partial charge in [-0.05, 0) is 6.42 Å². The van der Waals surface area contributed by atoms with Crippen LogP contribution in [0, 0.1) is 0 Å². The Morgan fingerprint density at radius 2 is 1.81 bits per heavy atom. The molecule has 0 aliphatic rings. The molecule has 0 heterocycles. The molecule has 0 spiro atoms. The van der Waals surface area contributed by atoms with Crippen LogP contribution in [0.3, 0.4) is 0 Å². The highest BCUT2D eigenvalue weighted by atomic mass is 16.5. The summed E-state index contributed by atoms with van der Waals surface area (Å²) < 4.78 is 4.49. The van der Waals surface area contributed by atoms with Gasteiger partial charge in [0.1, 0.15) is 0 Å². The molecule has 0 aliphatic carbocycles. The summed E-state index contributed by atoms with van der Waals surface area (Å²) >= 11 is 0. The maximum Gasteiger partial charge on any atom is 0.335 e. The van der Waals surface area contributed by atoms with E-state index in [-0.39, 0.29) is 5.57 Å². The number of ether oxygens (including phenoxy) is 1. The van der Waals surface area contributed by atoms with E-state index in [0.29, 0.717) is 6.42 Å². The van der Waals surface area contributed by atoms with E-state index in [1.54, 1.807) is 0 Å². The first-order chi connectivity index (χ1) is 7.63.